The number of methoxy groups -OCH3 is 1. The zero-order valence-corrected chi connectivity index (χ0v) is 12.4. The fourth-order valence-electron chi connectivity index (χ4n) is 1.92. The lowest BCUT2D eigenvalue weighted by Crippen LogP contribution is -2.00. The van der Waals surface area contributed by atoms with E-state index in [0.29, 0.717) is 17.4 Å². The second kappa shape index (κ2) is 5.36. The summed E-state index contributed by atoms with van der Waals surface area (Å²) in [6.07, 6.45) is 2.26. The molecule has 6 heteroatoms. The minimum absolute atomic E-state index is 0.220. The quantitative estimate of drug-likeness (QED) is 0.856. The first-order valence-electron chi connectivity index (χ1n) is 6.31. The van der Waals surface area contributed by atoms with Gasteiger partial charge in [0.25, 0.3) is 0 Å². The van der Waals surface area contributed by atoms with E-state index < -0.39 is 5.82 Å². The summed E-state index contributed by atoms with van der Waals surface area (Å²) in [7, 11) is 1.44. The molecule has 0 spiro atoms. The van der Waals surface area contributed by atoms with Crippen LogP contribution >= 0.6 is 15.9 Å². The molecule has 1 heterocycles. The van der Waals surface area contributed by atoms with Crippen LogP contribution < -0.4 is 10.1 Å². The van der Waals surface area contributed by atoms with Gasteiger partial charge in [-0.15, -0.1) is 0 Å². The standard InChI is InChI=1S/C14H13BrFN3O/c1-20-11-5-4-9(6-10(11)16)17-13-7-12(15)18-14(19-13)8-2-3-8/h4-8H,2-3H2,1H3,(H,17,18,19). The van der Waals surface area contributed by atoms with E-state index >= 15 is 0 Å². The Balaban J connectivity index is 1.85. The molecule has 1 aromatic carbocycles. The number of hydrogen-bond acceptors (Lipinski definition) is 4. The Morgan fingerprint density at radius 2 is 2.10 bits per heavy atom. The molecule has 104 valence electrons. The maximum atomic E-state index is 13.6. The summed E-state index contributed by atoms with van der Waals surface area (Å²) in [5.74, 6) is 1.75. The first-order valence-corrected chi connectivity index (χ1v) is 7.10. The number of ether oxygens (including phenoxy) is 1. The predicted molar refractivity (Wildman–Crippen MR) is 77.9 cm³/mol. The number of anilines is 2. The van der Waals surface area contributed by atoms with Crippen LogP contribution in [0, 0.1) is 5.82 Å². The first kappa shape index (κ1) is 13.3. The zero-order valence-electron chi connectivity index (χ0n) is 10.9. The van der Waals surface area contributed by atoms with Gasteiger partial charge in [-0.3, -0.25) is 0 Å². The lowest BCUT2D eigenvalue weighted by Gasteiger charge is -2.09. The van der Waals surface area contributed by atoms with Crippen LogP contribution in [0.25, 0.3) is 0 Å². The molecule has 0 amide bonds. The van der Waals surface area contributed by atoms with Gasteiger partial charge < -0.3 is 10.1 Å². The number of aromatic nitrogens is 2. The van der Waals surface area contributed by atoms with Crippen LogP contribution in [0.5, 0.6) is 5.75 Å². The molecule has 4 nitrogen and oxygen atoms in total. The Hall–Kier alpha value is -1.69. The second-order valence-electron chi connectivity index (χ2n) is 4.68. The van der Waals surface area contributed by atoms with Gasteiger partial charge >= 0.3 is 0 Å². The van der Waals surface area contributed by atoms with Gasteiger partial charge in [-0.25, -0.2) is 14.4 Å². The summed E-state index contributed by atoms with van der Waals surface area (Å²) in [4.78, 5) is 8.81. The van der Waals surface area contributed by atoms with Gasteiger partial charge in [0.05, 0.1) is 7.11 Å². The van der Waals surface area contributed by atoms with Crippen LogP contribution in [0.4, 0.5) is 15.9 Å². The second-order valence-corrected chi connectivity index (χ2v) is 5.50. The summed E-state index contributed by atoms with van der Waals surface area (Å²) in [5.41, 5.74) is 0.621. The molecule has 3 rings (SSSR count). The Labute approximate surface area is 124 Å². The number of hydrogen-bond donors (Lipinski definition) is 1. The third kappa shape index (κ3) is 2.90. The van der Waals surface area contributed by atoms with Crippen LogP contribution in [-0.2, 0) is 0 Å². The van der Waals surface area contributed by atoms with Crippen molar-refractivity contribution < 1.29 is 9.13 Å². The van der Waals surface area contributed by atoms with Gasteiger partial charge in [0.15, 0.2) is 11.6 Å². The topological polar surface area (TPSA) is 47.0 Å². The number of rotatable bonds is 4. The molecule has 20 heavy (non-hydrogen) atoms. The molecule has 1 aliphatic carbocycles. The molecule has 1 saturated carbocycles. The maximum absolute atomic E-state index is 13.6. The van der Waals surface area contributed by atoms with Crippen molar-refractivity contribution in [2.24, 2.45) is 0 Å². The number of nitrogens with one attached hydrogen (secondary N) is 1. The minimum Gasteiger partial charge on any atom is -0.494 e. The van der Waals surface area contributed by atoms with Crippen LogP contribution in [0.15, 0.2) is 28.9 Å². The molecule has 0 unspecified atom stereocenters. The maximum Gasteiger partial charge on any atom is 0.167 e. The number of halogens is 2. The van der Waals surface area contributed by atoms with Gasteiger partial charge in [0.1, 0.15) is 16.2 Å². The van der Waals surface area contributed by atoms with Crippen molar-refractivity contribution in [3.63, 3.8) is 0 Å². The minimum atomic E-state index is -0.409. The highest BCUT2D eigenvalue weighted by atomic mass is 79.9. The monoisotopic (exact) mass is 337 g/mol. The summed E-state index contributed by atoms with van der Waals surface area (Å²) in [6, 6.07) is 6.48. The van der Waals surface area contributed by atoms with E-state index in [9.17, 15) is 4.39 Å². The largest absolute Gasteiger partial charge is 0.494 e. The highest BCUT2D eigenvalue weighted by Gasteiger charge is 2.27. The molecule has 1 aliphatic rings. The van der Waals surface area contributed by atoms with Crippen molar-refractivity contribution in [3.8, 4) is 5.75 Å². The Kier molecular flexibility index (Phi) is 3.56. The molecule has 1 N–H and O–H groups in total. The third-order valence-electron chi connectivity index (χ3n) is 3.08. The fraction of sp³-hybridized carbons (Fsp3) is 0.286. The zero-order chi connectivity index (χ0) is 14.1. The van der Waals surface area contributed by atoms with Crippen molar-refractivity contribution in [3.05, 3.63) is 40.5 Å². The van der Waals surface area contributed by atoms with Crippen LogP contribution in [0.3, 0.4) is 0 Å². The van der Waals surface area contributed by atoms with E-state index in [1.165, 1.54) is 13.2 Å². The van der Waals surface area contributed by atoms with Crippen molar-refractivity contribution in [2.45, 2.75) is 18.8 Å². The number of benzene rings is 1. The summed E-state index contributed by atoms with van der Waals surface area (Å²) in [5, 5.41) is 3.08. The van der Waals surface area contributed by atoms with Gasteiger partial charge in [0.2, 0.25) is 0 Å². The molecule has 0 saturated heterocycles. The van der Waals surface area contributed by atoms with Gasteiger partial charge in [-0.1, -0.05) is 0 Å². The van der Waals surface area contributed by atoms with Gasteiger partial charge in [0, 0.05) is 23.7 Å². The lowest BCUT2D eigenvalue weighted by molar-refractivity contribution is 0.386. The molecule has 0 atom stereocenters. The van der Waals surface area contributed by atoms with Crippen LogP contribution in [0.2, 0.25) is 0 Å². The third-order valence-corrected chi connectivity index (χ3v) is 3.49. The van der Waals surface area contributed by atoms with E-state index in [1.54, 1.807) is 18.2 Å². The number of nitrogens with zero attached hydrogens (tertiary/aromatic N) is 2. The summed E-state index contributed by atoms with van der Waals surface area (Å²) < 4.78 is 19.3. The normalized spacial score (nSPS) is 14.2. The summed E-state index contributed by atoms with van der Waals surface area (Å²) in [6.45, 7) is 0. The van der Waals surface area contributed by atoms with E-state index in [1.807, 2.05) is 0 Å². The average molecular weight is 338 g/mol. The molecule has 1 fully saturated rings. The Bertz CT molecular complexity index is 646. The fourth-order valence-corrected chi connectivity index (χ4v) is 2.31. The lowest BCUT2D eigenvalue weighted by atomic mass is 10.3. The average Bonchev–Trinajstić information content (AvgIpc) is 3.22. The smallest absolute Gasteiger partial charge is 0.167 e. The molecule has 0 bridgehead atoms. The molecular weight excluding hydrogens is 325 g/mol. The van der Waals surface area contributed by atoms with Crippen molar-refractivity contribution in [2.75, 3.05) is 12.4 Å². The summed E-state index contributed by atoms with van der Waals surface area (Å²) >= 11 is 3.37. The van der Waals surface area contributed by atoms with E-state index in [4.69, 9.17) is 4.74 Å². The van der Waals surface area contributed by atoms with Gasteiger partial charge in [-0.05, 0) is 40.9 Å². The van der Waals surface area contributed by atoms with Gasteiger partial charge in [-0.2, -0.15) is 0 Å². The SMILES string of the molecule is COc1ccc(Nc2cc(Br)nc(C3CC3)n2)cc1F. The van der Waals surface area contributed by atoms with Crippen LogP contribution in [-0.4, -0.2) is 17.1 Å². The Morgan fingerprint density at radius 1 is 1.30 bits per heavy atom. The predicted octanol–water partition coefficient (Wildman–Crippen LogP) is 4.01. The van der Waals surface area contributed by atoms with E-state index in [0.717, 1.165) is 23.3 Å². The van der Waals surface area contributed by atoms with Crippen molar-refractivity contribution in [1.29, 1.82) is 0 Å². The van der Waals surface area contributed by atoms with Crippen molar-refractivity contribution in [1.82, 2.24) is 9.97 Å². The van der Waals surface area contributed by atoms with E-state index in [-0.39, 0.29) is 5.75 Å². The molecule has 2 aromatic rings. The molecule has 1 aromatic heterocycles. The molecular formula is C14H13BrFN3O. The molecule has 0 radical (unpaired) electrons. The Morgan fingerprint density at radius 3 is 2.75 bits per heavy atom. The first-order chi connectivity index (χ1) is 9.65. The highest BCUT2D eigenvalue weighted by Crippen LogP contribution is 2.39. The highest BCUT2D eigenvalue weighted by molar-refractivity contribution is 9.10. The molecule has 0 aliphatic heterocycles. The van der Waals surface area contributed by atoms with Crippen molar-refractivity contribution >= 4 is 27.4 Å². The van der Waals surface area contributed by atoms with E-state index in [2.05, 4.69) is 31.2 Å². The van der Waals surface area contributed by atoms with Crippen LogP contribution in [0.1, 0.15) is 24.6 Å².